The van der Waals surface area contributed by atoms with E-state index in [4.69, 9.17) is 4.74 Å². The van der Waals surface area contributed by atoms with Crippen LogP contribution in [0.4, 0.5) is 14.9 Å². The molecule has 29 heavy (non-hydrogen) atoms. The molecule has 0 bridgehead atoms. The van der Waals surface area contributed by atoms with Gasteiger partial charge in [-0.2, -0.15) is 0 Å². The highest BCUT2D eigenvalue weighted by atomic mass is 19.1. The number of aliphatic hydroxyl groups excluding tert-OH is 2. The molecule has 2 fully saturated rings. The molecule has 1 aromatic carbocycles. The fourth-order valence-corrected chi connectivity index (χ4v) is 4.12. The quantitative estimate of drug-likeness (QED) is 0.712. The SMILES string of the molecule is CC(C)(C)OC(=O)N1CCC(c2ccc(NC3CCC(O)CC3O)c(F)c2)CC1. The summed E-state index contributed by atoms with van der Waals surface area (Å²) >= 11 is 0. The molecule has 3 unspecified atom stereocenters. The van der Waals surface area contributed by atoms with Crippen LogP contribution >= 0.6 is 0 Å². The molecule has 0 aromatic heterocycles. The van der Waals surface area contributed by atoms with Crippen LogP contribution in [0.3, 0.4) is 0 Å². The van der Waals surface area contributed by atoms with Gasteiger partial charge in [0.2, 0.25) is 0 Å². The molecular weight excluding hydrogens is 375 g/mol. The molecule has 1 saturated carbocycles. The van der Waals surface area contributed by atoms with Crippen LogP contribution in [0.2, 0.25) is 0 Å². The van der Waals surface area contributed by atoms with E-state index < -0.39 is 17.8 Å². The van der Waals surface area contributed by atoms with Gasteiger partial charge in [0.15, 0.2) is 0 Å². The molecule has 1 saturated heterocycles. The Labute approximate surface area is 172 Å². The number of nitrogens with one attached hydrogen (secondary N) is 1. The molecule has 0 spiro atoms. The van der Waals surface area contributed by atoms with Gasteiger partial charge in [-0.1, -0.05) is 6.07 Å². The van der Waals surface area contributed by atoms with Crippen LogP contribution in [0.15, 0.2) is 18.2 Å². The average Bonchev–Trinajstić information content (AvgIpc) is 2.64. The number of aliphatic hydroxyl groups is 2. The van der Waals surface area contributed by atoms with Crippen molar-refractivity contribution in [3.63, 3.8) is 0 Å². The number of rotatable bonds is 3. The second-order valence-electron chi connectivity index (χ2n) is 9.27. The minimum Gasteiger partial charge on any atom is -0.444 e. The maximum atomic E-state index is 14.7. The summed E-state index contributed by atoms with van der Waals surface area (Å²) in [6.45, 7) is 6.75. The van der Waals surface area contributed by atoms with Crippen molar-refractivity contribution >= 4 is 11.8 Å². The zero-order chi connectivity index (χ0) is 21.2. The molecule has 0 radical (unpaired) electrons. The van der Waals surface area contributed by atoms with Crippen molar-refractivity contribution in [3.05, 3.63) is 29.6 Å². The summed E-state index contributed by atoms with van der Waals surface area (Å²) in [5.74, 6) is -0.136. The highest BCUT2D eigenvalue weighted by Gasteiger charge is 2.30. The summed E-state index contributed by atoms with van der Waals surface area (Å²) in [7, 11) is 0. The largest absolute Gasteiger partial charge is 0.444 e. The molecule has 1 aromatic rings. The number of hydrogen-bond donors (Lipinski definition) is 3. The molecule has 162 valence electrons. The third-order valence-electron chi connectivity index (χ3n) is 5.74. The Morgan fingerprint density at radius 3 is 2.45 bits per heavy atom. The van der Waals surface area contributed by atoms with Gasteiger partial charge >= 0.3 is 6.09 Å². The van der Waals surface area contributed by atoms with E-state index >= 15 is 0 Å². The number of anilines is 1. The summed E-state index contributed by atoms with van der Waals surface area (Å²) in [4.78, 5) is 13.9. The number of benzene rings is 1. The second kappa shape index (κ2) is 8.88. The first kappa shape index (κ1) is 21.8. The minimum atomic E-state index is -0.685. The van der Waals surface area contributed by atoms with Gasteiger partial charge in [0, 0.05) is 19.5 Å². The summed E-state index contributed by atoms with van der Waals surface area (Å²) in [6.07, 6.45) is 1.59. The third-order valence-corrected chi connectivity index (χ3v) is 5.74. The number of carbonyl (C=O) groups excluding carboxylic acids is 1. The zero-order valence-corrected chi connectivity index (χ0v) is 17.5. The van der Waals surface area contributed by atoms with Gasteiger partial charge in [-0.05, 0) is 70.1 Å². The number of piperidine rings is 1. The monoisotopic (exact) mass is 408 g/mol. The topological polar surface area (TPSA) is 82.0 Å². The Bertz CT molecular complexity index is 713. The van der Waals surface area contributed by atoms with E-state index in [-0.39, 0.29) is 23.9 Å². The van der Waals surface area contributed by atoms with Gasteiger partial charge in [-0.15, -0.1) is 0 Å². The Morgan fingerprint density at radius 1 is 1.17 bits per heavy atom. The molecule has 1 aliphatic carbocycles. The lowest BCUT2D eigenvalue weighted by molar-refractivity contribution is 0.0204. The molecule has 7 heteroatoms. The Kier molecular flexibility index (Phi) is 6.69. The highest BCUT2D eigenvalue weighted by Crippen LogP contribution is 2.32. The second-order valence-corrected chi connectivity index (χ2v) is 9.27. The zero-order valence-electron chi connectivity index (χ0n) is 17.5. The van der Waals surface area contributed by atoms with E-state index in [1.54, 1.807) is 17.0 Å². The summed E-state index contributed by atoms with van der Waals surface area (Å²) in [6, 6.07) is 4.95. The van der Waals surface area contributed by atoms with Crippen molar-refractivity contribution in [1.82, 2.24) is 4.90 Å². The van der Waals surface area contributed by atoms with Gasteiger partial charge in [0.05, 0.1) is 23.9 Å². The average molecular weight is 409 g/mol. The normalized spacial score (nSPS) is 26.3. The fourth-order valence-electron chi connectivity index (χ4n) is 4.12. The van der Waals surface area contributed by atoms with Gasteiger partial charge in [-0.3, -0.25) is 0 Å². The first-order valence-corrected chi connectivity index (χ1v) is 10.5. The summed E-state index contributed by atoms with van der Waals surface area (Å²) in [5, 5.41) is 22.8. The van der Waals surface area contributed by atoms with Crippen molar-refractivity contribution in [3.8, 4) is 0 Å². The number of hydrogen-bond acceptors (Lipinski definition) is 5. The number of ether oxygens (including phenoxy) is 1. The molecule has 3 N–H and O–H groups in total. The Morgan fingerprint density at radius 2 is 1.86 bits per heavy atom. The molecule has 6 nitrogen and oxygen atoms in total. The molecule has 1 amide bonds. The van der Waals surface area contributed by atoms with E-state index in [0.29, 0.717) is 38.0 Å². The van der Waals surface area contributed by atoms with Crippen molar-refractivity contribution < 1.29 is 24.1 Å². The van der Waals surface area contributed by atoms with Crippen LogP contribution in [-0.4, -0.2) is 58.1 Å². The molecule has 3 atom stereocenters. The standard InChI is InChI=1S/C22H33FN2O4/c1-22(2,3)29-21(28)25-10-8-14(9-11-25)15-4-6-18(17(23)12-15)24-19-7-5-16(26)13-20(19)27/h4,6,12,14,16,19-20,24,26-27H,5,7-11,13H2,1-3H3. The smallest absolute Gasteiger partial charge is 0.410 e. The number of likely N-dealkylation sites (tertiary alicyclic amines) is 1. The van der Waals surface area contributed by atoms with Crippen LogP contribution < -0.4 is 5.32 Å². The van der Waals surface area contributed by atoms with Crippen LogP contribution in [0, 0.1) is 5.82 Å². The maximum Gasteiger partial charge on any atom is 0.410 e. The van der Waals surface area contributed by atoms with Crippen LogP contribution in [0.25, 0.3) is 0 Å². The Balaban J connectivity index is 1.56. The van der Waals surface area contributed by atoms with Crippen molar-refractivity contribution in [2.45, 2.75) is 82.6 Å². The van der Waals surface area contributed by atoms with E-state index in [1.807, 2.05) is 26.8 Å². The lowest BCUT2D eigenvalue weighted by Gasteiger charge is -2.34. The molecule has 1 aliphatic heterocycles. The van der Waals surface area contributed by atoms with E-state index in [1.165, 1.54) is 0 Å². The van der Waals surface area contributed by atoms with Crippen molar-refractivity contribution in [2.75, 3.05) is 18.4 Å². The molecule has 2 aliphatic rings. The van der Waals surface area contributed by atoms with Gasteiger partial charge in [0.25, 0.3) is 0 Å². The number of carbonyl (C=O) groups is 1. The highest BCUT2D eigenvalue weighted by molar-refractivity contribution is 5.68. The van der Waals surface area contributed by atoms with Gasteiger partial charge < -0.3 is 25.2 Å². The van der Waals surface area contributed by atoms with E-state index in [9.17, 15) is 19.4 Å². The molecular formula is C22H33FN2O4. The predicted molar refractivity (Wildman–Crippen MR) is 109 cm³/mol. The Hall–Kier alpha value is -1.86. The minimum absolute atomic E-state index is 0.202. The van der Waals surface area contributed by atoms with Crippen LogP contribution in [0.5, 0.6) is 0 Å². The lowest BCUT2D eigenvalue weighted by atomic mass is 9.88. The number of halogens is 1. The van der Waals surface area contributed by atoms with Gasteiger partial charge in [0.1, 0.15) is 11.4 Å². The number of nitrogens with zero attached hydrogens (tertiary/aromatic N) is 1. The summed E-state index contributed by atoms with van der Waals surface area (Å²) < 4.78 is 20.1. The first-order valence-electron chi connectivity index (χ1n) is 10.5. The van der Waals surface area contributed by atoms with E-state index in [0.717, 1.165) is 18.4 Å². The van der Waals surface area contributed by atoms with Crippen LogP contribution in [0.1, 0.15) is 64.4 Å². The van der Waals surface area contributed by atoms with Gasteiger partial charge in [-0.25, -0.2) is 9.18 Å². The lowest BCUT2D eigenvalue weighted by Crippen LogP contribution is -2.41. The van der Waals surface area contributed by atoms with Crippen molar-refractivity contribution in [1.29, 1.82) is 0 Å². The molecule has 3 rings (SSSR count). The number of amides is 1. The first-order chi connectivity index (χ1) is 13.6. The third kappa shape index (κ3) is 5.82. The van der Waals surface area contributed by atoms with Crippen LogP contribution in [-0.2, 0) is 4.74 Å². The predicted octanol–water partition coefficient (Wildman–Crippen LogP) is 3.63. The molecule has 1 heterocycles. The fraction of sp³-hybridized carbons (Fsp3) is 0.682. The maximum absolute atomic E-state index is 14.7. The van der Waals surface area contributed by atoms with Crippen molar-refractivity contribution in [2.24, 2.45) is 0 Å². The summed E-state index contributed by atoms with van der Waals surface area (Å²) in [5.41, 5.74) is 0.793. The van der Waals surface area contributed by atoms with E-state index in [2.05, 4.69) is 5.32 Å².